The topological polar surface area (TPSA) is 72.7 Å². The summed E-state index contributed by atoms with van der Waals surface area (Å²) < 4.78 is 6.73. The first-order chi connectivity index (χ1) is 11.5. The van der Waals surface area contributed by atoms with Crippen LogP contribution in [0.1, 0.15) is 21.6 Å². The molecule has 1 N–H and O–H groups in total. The van der Waals surface area contributed by atoms with Gasteiger partial charge in [0, 0.05) is 18.1 Å². The molecule has 0 saturated carbocycles. The summed E-state index contributed by atoms with van der Waals surface area (Å²) in [6, 6.07) is 11.0. The molecule has 1 aromatic carbocycles. The SMILES string of the molecule is Cc1ccc(NC(=O)COC(=O)c2cn3ccccc3n2)cc1C. The van der Waals surface area contributed by atoms with E-state index in [0.717, 1.165) is 11.1 Å². The maximum absolute atomic E-state index is 12.0. The molecule has 3 aromatic rings. The Morgan fingerprint density at radius 2 is 2.00 bits per heavy atom. The van der Waals surface area contributed by atoms with Gasteiger partial charge in [0.2, 0.25) is 0 Å². The Labute approximate surface area is 139 Å². The van der Waals surface area contributed by atoms with Crippen molar-refractivity contribution in [3.63, 3.8) is 0 Å². The van der Waals surface area contributed by atoms with E-state index in [1.54, 1.807) is 22.9 Å². The Hall–Kier alpha value is -3.15. The Morgan fingerprint density at radius 1 is 1.17 bits per heavy atom. The molecule has 6 nitrogen and oxygen atoms in total. The highest BCUT2D eigenvalue weighted by molar-refractivity contribution is 5.95. The number of hydrogen-bond donors (Lipinski definition) is 1. The average Bonchev–Trinajstić information content (AvgIpc) is 3.00. The van der Waals surface area contributed by atoms with Crippen molar-refractivity contribution in [2.75, 3.05) is 11.9 Å². The summed E-state index contributed by atoms with van der Waals surface area (Å²) >= 11 is 0. The lowest BCUT2D eigenvalue weighted by Crippen LogP contribution is -2.21. The molecule has 3 rings (SSSR count). The minimum Gasteiger partial charge on any atom is -0.451 e. The van der Waals surface area contributed by atoms with Crippen LogP contribution in [0.25, 0.3) is 5.65 Å². The summed E-state index contributed by atoms with van der Waals surface area (Å²) in [5, 5.41) is 2.70. The average molecular weight is 323 g/mol. The number of esters is 1. The zero-order valence-electron chi connectivity index (χ0n) is 13.4. The lowest BCUT2D eigenvalue weighted by atomic mass is 10.1. The molecule has 0 aliphatic carbocycles. The standard InChI is InChI=1S/C18H17N3O3/c1-12-6-7-14(9-13(12)2)19-17(22)11-24-18(23)15-10-21-8-4-3-5-16(21)20-15/h3-10H,11H2,1-2H3,(H,19,22). The highest BCUT2D eigenvalue weighted by Gasteiger charge is 2.14. The van der Waals surface area contributed by atoms with Crippen molar-refractivity contribution in [2.45, 2.75) is 13.8 Å². The molecule has 0 saturated heterocycles. The number of nitrogens with zero attached hydrogens (tertiary/aromatic N) is 2. The van der Waals surface area contributed by atoms with Crippen molar-refractivity contribution in [2.24, 2.45) is 0 Å². The van der Waals surface area contributed by atoms with Crippen molar-refractivity contribution < 1.29 is 14.3 Å². The summed E-state index contributed by atoms with van der Waals surface area (Å²) in [6.07, 6.45) is 3.35. The fraction of sp³-hybridized carbons (Fsp3) is 0.167. The van der Waals surface area contributed by atoms with Gasteiger partial charge in [0.05, 0.1) is 0 Å². The third-order valence-corrected chi connectivity index (χ3v) is 3.70. The van der Waals surface area contributed by atoms with Gasteiger partial charge in [-0.3, -0.25) is 4.79 Å². The summed E-state index contributed by atoms with van der Waals surface area (Å²) in [5.74, 6) is -1.02. The van der Waals surface area contributed by atoms with E-state index in [0.29, 0.717) is 11.3 Å². The second-order valence-corrected chi connectivity index (χ2v) is 5.52. The van der Waals surface area contributed by atoms with Gasteiger partial charge in [-0.1, -0.05) is 12.1 Å². The van der Waals surface area contributed by atoms with Gasteiger partial charge < -0.3 is 14.5 Å². The van der Waals surface area contributed by atoms with E-state index < -0.39 is 11.9 Å². The number of pyridine rings is 1. The predicted octanol–water partition coefficient (Wildman–Crippen LogP) is 2.75. The molecule has 0 unspecified atom stereocenters. The van der Waals surface area contributed by atoms with Crippen molar-refractivity contribution in [3.05, 3.63) is 65.6 Å². The molecule has 0 spiro atoms. The van der Waals surface area contributed by atoms with Crippen LogP contribution in [0.2, 0.25) is 0 Å². The minimum atomic E-state index is -0.631. The molecule has 2 aromatic heterocycles. The van der Waals surface area contributed by atoms with Crippen LogP contribution < -0.4 is 5.32 Å². The molecular formula is C18H17N3O3. The first-order valence-corrected chi connectivity index (χ1v) is 7.51. The van der Waals surface area contributed by atoms with Gasteiger partial charge in [-0.15, -0.1) is 0 Å². The van der Waals surface area contributed by atoms with Crippen LogP contribution in [0.5, 0.6) is 0 Å². The summed E-state index contributed by atoms with van der Waals surface area (Å²) in [4.78, 5) is 28.0. The smallest absolute Gasteiger partial charge is 0.359 e. The number of ether oxygens (including phenoxy) is 1. The number of carbonyl (C=O) groups excluding carboxylic acids is 2. The fourth-order valence-corrected chi connectivity index (χ4v) is 2.25. The van der Waals surface area contributed by atoms with Gasteiger partial charge in [0.15, 0.2) is 12.3 Å². The Kier molecular flexibility index (Phi) is 4.29. The number of fused-ring (bicyclic) bond motifs is 1. The maximum Gasteiger partial charge on any atom is 0.359 e. The first kappa shape index (κ1) is 15.7. The van der Waals surface area contributed by atoms with Crippen LogP contribution in [0.4, 0.5) is 5.69 Å². The number of nitrogens with one attached hydrogen (secondary N) is 1. The number of aromatic nitrogens is 2. The molecule has 0 atom stereocenters. The van der Waals surface area contributed by atoms with Crippen LogP contribution in [0.3, 0.4) is 0 Å². The number of aryl methyl sites for hydroxylation is 2. The number of carbonyl (C=O) groups is 2. The molecule has 0 bridgehead atoms. The fourth-order valence-electron chi connectivity index (χ4n) is 2.25. The van der Waals surface area contributed by atoms with Crippen molar-refractivity contribution >= 4 is 23.2 Å². The largest absolute Gasteiger partial charge is 0.451 e. The summed E-state index contributed by atoms with van der Waals surface area (Å²) in [5.41, 5.74) is 3.71. The Morgan fingerprint density at radius 3 is 2.75 bits per heavy atom. The van der Waals surface area contributed by atoms with E-state index in [1.807, 2.05) is 44.2 Å². The van der Waals surface area contributed by atoms with Crippen LogP contribution >= 0.6 is 0 Å². The van der Waals surface area contributed by atoms with E-state index in [2.05, 4.69) is 10.3 Å². The lowest BCUT2D eigenvalue weighted by Gasteiger charge is -2.07. The second kappa shape index (κ2) is 6.54. The van der Waals surface area contributed by atoms with Crippen molar-refractivity contribution in [1.29, 1.82) is 0 Å². The monoisotopic (exact) mass is 323 g/mol. The molecule has 24 heavy (non-hydrogen) atoms. The highest BCUT2D eigenvalue weighted by Crippen LogP contribution is 2.14. The molecule has 1 amide bonds. The lowest BCUT2D eigenvalue weighted by molar-refractivity contribution is -0.119. The van der Waals surface area contributed by atoms with Gasteiger partial charge >= 0.3 is 5.97 Å². The number of benzene rings is 1. The van der Waals surface area contributed by atoms with Gasteiger partial charge in [-0.05, 0) is 49.2 Å². The second-order valence-electron chi connectivity index (χ2n) is 5.52. The molecule has 6 heteroatoms. The van der Waals surface area contributed by atoms with Gasteiger partial charge in [0.25, 0.3) is 5.91 Å². The van der Waals surface area contributed by atoms with Gasteiger partial charge in [-0.2, -0.15) is 0 Å². The van der Waals surface area contributed by atoms with E-state index in [-0.39, 0.29) is 12.3 Å². The zero-order chi connectivity index (χ0) is 17.1. The van der Waals surface area contributed by atoms with E-state index in [9.17, 15) is 9.59 Å². The molecule has 0 fully saturated rings. The molecule has 0 aliphatic heterocycles. The van der Waals surface area contributed by atoms with E-state index in [4.69, 9.17) is 4.74 Å². The maximum atomic E-state index is 12.0. The third-order valence-electron chi connectivity index (χ3n) is 3.70. The minimum absolute atomic E-state index is 0.167. The van der Waals surface area contributed by atoms with Crippen LogP contribution in [-0.2, 0) is 9.53 Å². The molecule has 2 heterocycles. The van der Waals surface area contributed by atoms with Crippen LogP contribution in [0, 0.1) is 13.8 Å². The number of hydrogen-bond acceptors (Lipinski definition) is 4. The predicted molar refractivity (Wildman–Crippen MR) is 90.0 cm³/mol. The quantitative estimate of drug-likeness (QED) is 0.749. The van der Waals surface area contributed by atoms with Crippen molar-refractivity contribution in [3.8, 4) is 0 Å². The third kappa shape index (κ3) is 3.43. The normalized spacial score (nSPS) is 10.6. The molecular weight excluding hydrogens is 306 g/mol. The van der Waals surface area contributed by atoms with Gasteiger partial charge in [-0.25, -0.2) is 9.78 Å². The zero-order valence-corrected chi connectivity index (χ0v) is 13.4. The number of imidazole rings is 1. The first-order valence-electron chi connectivity index (χ1n) is 7.51. The highest BCUT2D eigenvalue weighted by atomic mass is 16.5. The van der Waals surface area contributed by atoms with Gasteiger partial charge in [0.1, 0.15) is 5.65 Å². The van der Waals surface area contributed by atoms with Crippen LogP contribution in [0.15, 0.2) is 48.8 Å². The Balaban J connectivity index is 1.59. The van der Waals surface area contributed by atoms with Crippen molar-refractivity contribution in [1.82, 2.24) is 9.38 Å². The van der Waals surface area contributed by atoms with E-state index >= 15 is 0 Å². The number of rotatable bonds is 4. The summed E-state index contributed by atoms with van der Waals surface area (Å²) in [7, 11) is 0. The number of amides is 1. The molecule has 0 aliphatic rings. The Bertz CT molecular complexity index is 882. The van der Waals surface area contributed by atoms with E-state index in [1.165, 1.54) is 0 Å². The molecule has 122 valence electrons. The number of anilines is 1. The van der Waals surface area contributed by atoms with Crippen LogP contribution in [-0.4, -0.2) is 27.9 Å². The summed E-state index contributed by atoms with van der Waals surface area (Å²) in [6.45, 7) is 3.60. The molecule has 0 radical (unpaired) electrons.